The van der Waals surface area contributed by atoms with E-state index in [0.29, 0.717) is 37.4 Å². The number of ketones is 1. The molecule has 1 aromatic heterocycles. The molecule has 2 aromatic rings. The molecule has 0 bridgehead atoms. The van der Waals surface area contributed by atoms with Crippen LogP contribution < -0.4 is 4.90 Å². The second kappa shape index (κ2) is 9.97. The largest absolute Gasteiger partial charge is 0.457 e. The van der Waals surface area contributed by atoms with Crippen molar-refractivity contribution in [3.8, 4) is 0 Å². The summed E-state index contributed by atoms with van der Waals surface area (Å²) in [5.41, 5.74) is 1.81. The van der Waals surface area contributed by atoms with Crippen molar-refractivity contribution in [3.05, 3.63) is 53.9 Å². The lowest BCUT2D eigenvalue weighted by Crippen LogP contribution is -2.38. The zero-order chi connectivity index (χ0) is 19.8. The van der Waals surface area contributed by atoms with E-state index in [2.05, 4.69) is 21.8 Å². The maximum Gasteiger partial charge on any atom is 0.309 e. The normalized spacial score (nSPS) is 14.7. The van der Waals surface area contributed by atoms with Crippen LogP contribution in [0.5, 0.6) is 0 Å². The van der Waals surface area contributed by atoms with Gasteiger partial charge >= 0.3 is 5.97 Å². The molecule has 6 nitrogen and oxygen atoms in total. The number of carbonyl (C=O) groups excluding carboxylic acids is 2. The first-order chi connectivity index (χ1) is 13.7. The number of hydrogen-bond acceptors (Lipinski definition) is 6. The molecule has 1 aromatic carbocycles. The Balaban J connectivity index is 1.43. The molecule has 6 heteroatoms. The van der Waals surface area contributed by atoms with Crippen LogP contribution in [-0.2, 0) is 16.0 Å². The Bertz CT molecular complexity index is 769. The van der Waals surface area contributed by atoms with Gasteiger partial charge in [0, 0.05) is 31.0 Å². The molecule has 148 valence electrons. The third-order valence-corrected chi connectivity index (χ3v) is 5.10. The van der Waals surface area contributed by atoms with E-state index in [-0.39, 0.29) is 24.3 Å². The predicted octanol–water partition coefficient (Wildman–Crippen LogP) is 3.46. The zero-order valence-corrected chi connectivity index (χ0v) is 16.3. The van der Waals surface area contributed by atoms with E-state index in [4.69, 9.17) is 4.74 Å². The number of aryl methyl sites for hydroxylation is 1. The molecule has 0 spiro atoms. The molecule has 0 radical (unpaired) electrons. The Morgan fingerprint density at radius 3 is 2.43 bits per heavy atom. The molecule has 0 unspecified atom stereocenters. The number of piperidine rings is 1. The number of hydrogen-bond donors (Lipinski definition) is 0. The van der Waals surface area contributed by atoms with Crippen molar-refractivity contribution in [1.82, 2.24) is 9.97 Å². The molecule has 28 heavy (non-hydrogen) atoms. The molecule has 0 amide bonds. The van der Waals surface area contributed by atoms with E-state index in [1.807, 2.05) is 24.3 Å². The minimum Gasteiger partial charge on any atom is -0.457 e. The van der Waals surface area contributed by atoms with Gasteiger partial charge in [0.05, 0.1) is 5.92 Å². The van der Waals surface area contributed by atoms with Crippen LogP contribution in [-0.4, -0.2) is 41.4 Å². The lowest BCUT2D eigenvalue weighted by Gasteiger charge is -2.30. The smallest absolute Gasteiger partial charge is 0.309 e. The number of carbonyl (C=O) groups is 2. The third-order valence-electron chi connectivity index (χ3n) is 5.10. The zero-order valence-electron chi connectivity index (χ0n) is 16.3. The topological polar surface area (TPSA) is 72.4 Å². The van der Waals surface area contributed by atoms with E-state index in [1.54, 1.807) is 18.5 Å². The van der Waals surface area contributed by atoms with Crippen LogP contribution in [0.2, 0.25) is 0 Å². The average molecular weight is 381 g/mol. The molecule has 0 N–H and O–H groups in total. The number of esters is 1. The van der Waals surface area contributed by atoms with E-state index < -0.39 is 0 Å². The maximum absolute atomic E-state index is 12.3. The van der Waals surface area contributed by atoms with E-state index in [1.165, 1.54) is 5.56 Å². The van der Waals surface area contributed by atoms with Gasteiger partial charge in [0.15, 0.2) is 12.4 Å². The summed E-state index contributed by atoms with van der Waals surface area (Å²) in [6, 6.07) is 9.38. The minimum absolute atomic E-state index is 0.162. The summed E-state index contributed by atoms with van der Waals surface area (Å²) in [5, 5.41) is 0. The second-order valence-electron chi connectivity index (χ2n) is 7.14. The van der Waals surface area contributed by atoms with Crippen LogP contribution in [0.25, 0.3) is 0 Å². The number of ether oxygens (including phenoxy) is 1. The number of benzene rings is 1. The van der Waals surface area contributed by atoms with Crippen molar-refractivity contribution >= 4 is 17.7 Å². The molecule has 1 aliphatic heterocycles. The van der Waals surface area contributed by atoms with E-state index in [9.17, 15) is 9.59 Å². The number of nitrogens with zero attached hydrogens (tertiary/aromatic N) is 3. The van der Waals surface area contributed by atoms with Crippen molar-refractivity contribution in [1.29, 1.82) is 0 Å². The summed E-state index contributed by atoms with van der Waals surface area (Å²) in [5.74, 6) is 0.0584. The summed E-state index contributed by atoms with van der Waals surface area (Å²) in [6.45, 7) is 3.37. The molecular formula is C22H27N3O3. The van der Waals surface area contributed by atoms with Gasteiger partial charge in [-0.25, -0.2) is 9.97 Å². The lowest BCUT2D eigenvalue weighted by molar-refractivity contribution is -0.148. The monoisotopic (exact) mass is 381 g/mol. The quantitative estimate of drug-likeness (QED) is 0.515. The first-order valence-corrected chi connectivity index (χ1v) is 9.98. The van der Waals surface area contributed by atoms with Gasteiger partial charge in [-0.15, -0.1) is 0 Å². The van der Waals surface area contributed by atoms with Crippen molar-refractivity contribution in [2.45, 2.75) is 39.0 Å². The number of unbranched alkanes of at least 4 members (excludes halogenated alkanes) is 1. The van der Waals surface area contributed by atoms with E-state index >= 15 is 0 Å². The summed E-state index contributed by atoms with van der Waals surface area (Å²) in [6.07, 6.45) is 8.09. The van der Waals surface area contributed by atoms with E-state index in [0.717, 1.165) is 19.3 Å². The summed E-state index contributed by atoms with van der Waals surface area (Å²) >= 11 is 0. The Hall–Kier alpha value is -2.76. The maximum atomic E-state index is 12.3. The Labute approximate surface area is 165 Å². The molecular weight excluding hydrogens is 354 g/mol. The van der Waals surface area contributed by atoms with Crippen LogP contribution >= 0.6 is 0 Å². The fourth-order valence-electron chi connectivity index (χ4n) is 3.35. The van der Waals surface area contributed by atoms with Gasteiger partial charge in [-0.3, -0.25) is 9.59 Å². The van der Waals surface area contributed by atoms with Gasteiger partial charge in [0.25, 0.3) is 0 Å². The summed E-state index contributed by atoms with van der Waals surface area (Å²) < 4.78 is 5.30. The molecule has 0 aliphatic carbocycles. The highest BCUT2D eigenvalue weighted by Crippen LogP contribution is 2.21. The summed E-state index contributed by atoms with van der Waals surface area (Å²) in [4.78, 5) is 35.2. The van der Waals surface area contributed by atoms with Gasteiger partial charge in [-0.2, -0.15) is 0 Å². The molecule has 1 fully saturated rings. The summed E-state index contributed by atoms with van der Waals surface area (Å²) in [7, 11) is 0. The first-order valence-electron chi connectivity index (χ1n) is 9.98. The van der Waals surface area contributed by atoms with Crippen LogP contribution in [0.15, 0.2) is 42.7 Å². The van der Waals surface area contributed by atoms with Gasteiger partial charge in [-0.1, -0.05) is 37.6 Å². The predicted molar refractivity (Wildman–Crippen MR) is 107 cm³/mol. The highest BCUT2D eigenvalue weighted by Gasteiger charge is 2.27. The Morgan fingerprint density at radius 2 is 1.79 bits per heavy atom. The first kappa shape index (κ1) is 20.0. The fourth-order valence-corrected chi connectivity index (χ4v) is 3.35. The number of Topliss-reactive ketones (excluding diaryl/α,β-unsaturated/α-hetero) is 1. The average Bonchev–Trinajstić information content (AvgIpc) is 2.77. The third kappa shape index (κ3) is 5.38. The Kier molecular flexibility index (Phi) is 7.12. The van der Waals surface area contributed by atoms with Crippen LogP contribution in [0.4, 0.5) is 5.95 Å². The lowest BCUT2D eigenvalue weighted by atomic mass is 9.97. The van der Waals surface area contributed by atoms with Gasteiger partial charge in [0.1, 0.15) is 0 Å². The molecule has 1 saturated heterocycles. The minimum atomic E-state index is -0.290. The van der Waals surface area contributed by atoms with Crippen molar-refractivity contribution < 1.29 is 14.3 Å². The number of aromatic nitrogens is 2. The fraction of sp³-hybridized carbons (Fsp3) is 0.455. The van der Waals surface area contributed by atoms with Crippen molar-refractivity contribution in [2.75, 3.05) is 24.6 Å². The van der Waals surface area contributed by atoms with Crippen LogP contribution in [0.3, 0.4) is 0 Å². The van der Waals surface area contributed by atoms with Crippen LogP contribution in [0, 0.1) is 5.92 Å². The van der Waals surface area contributed by atoms with Crippen LogP contribution in [0.1, 0.15) is 48.5 Å². The molecule has 1 aliphatic rings. The van der Waals surface area contributed by atoms with Crippen molar-refractivity contribution in [2.24, 2.45) is 5.92 Å². The molecule has 3 rings (SSSR count). The molecule has 0 atom stereocenters. The standard InChI is InChI=1S/C22H27N3O3/c1-2-3-5-17-6-8-18(9-7-17)20(26)16-28-21(27)19-10-14-25(15-11-19)22-23-12-4-13-24-22/h4,6-9,12-13,19H,2-3,5,10-11,14-16H2,1H3. The highest BCUT2D eigenvalue weighted by molar-refractivity contribution is 5.98. The number of rotatable bonds is 8. The van der Waals surface area contributed by atoms with Gasteiger partial charge < -0.3 is 9.64 Å². The second-order valence-corrected chi connectivity index (χ2v) is 7.14. The Morgan fingerprint density at radius 1 is 1.11 bits per heavy atom. The van der Waals surface area contributed by atoms with Crippen molar-refractivity contribution in [3.63, 3.8) is 0 Å². The number of anilines is 1. The molecule has 2 heterocycles. The molecule has 0 saturated carbocycles. The SMILES string of the molecule is CCCCc1ccc(C(=O)COC(=O)C2CCN(c3ncccn3)CC2)cc1. The van der Waals surface area contributed by atoms with Gasteiger partial charge in [-0.05, 0) is 37.3 Å². The highest BCUT2D eigenvalue weighted by atomic mass is 16.5. The van der Waals surface area contributed by atoms with Gasteiger partial charge in [0.2, 0.25) is 5.95 Å².